The Morgan fingerprint density at radius 3 is 2.46 bits per heavy atom. The van der Waals surface area contributed by atoms with Crippen LogP contribution < -0.4 is 10.2 Å². The van der Waals surface area contributed by atoms with Gasteiger partial charge in [0.2, 0.25) is 11.9 Å². The molecule has 0 unspecified atom stereocenters. The topological polar surface area (TPSA) is 62.5 Å². The summed E-state index contributed by atoms with van der Waals surface area (Å²) in [5, 5.41) is 7.88. The van der Waals surface area contributed by atoms with Crippen LogP contribution in [0.1, 0.15) is 12.8 Å². The van der Waals surface area contributed by atoms with Crippen molar-refractivity contribution in [1.29, 1.82) is 0 Å². The maximum Gasteiger partial charge on any atom is 0.247 e. The van der Waals surface area contributed by atoms with Gasteiger partial charge in [0, 0.05) is 29.9 Å². The molecule has 1 aliphatic heterocycles. The van der Waals surface area contributed by atoms with Crippen molar-refractivity contribution in [2.45, 2.75) is 12.8 Å². The summed E-state index contributed by atoms with van der Waals surface area (Å²) in [6.45, 7) is 0.794. The minimum Gasteiger partial charge on any atom is -0.323 e. The molecule has 0 saturated carbocycles. The fourth-order valence-electron chi connectivity index (χ4n) is 3.56. The van der Waals surface area contributed by atoms with Gasteiger partial charge in [0.05, 0.1) is 5.69 Å². The van der Waals surface area contributed by atoms with Crippen molar-refractivity contribution in [1.82, 2.24) is 14.6 Å². The normalized spacial score (nSPS) is 14.0. The summed E-state index contributed by atoms with van der Waals surface area (Å²) in [5.74, 6) is 0.726. The van der Waals surface area contributed by atoms with E-state index in [0.29, 0.717) is 12.4 Å². The number of carbonyl (C=O) groups excluding carboxylic acids is 1. The molecule has 5 rings (SSSR count). The summed E-state index contributed by atoms with van der Waals surface area (Å²) in [7, 11) is 0. The quantitative estimate of drug-likeness (QED) is 0.584. The molecular formula is C22H19N5O. The number of rotatable bonds is 4. The van der Waals surface area contributed by atoms with E-state index in [1.165, 1.54) is 0 Å². The molecule has 3 heterocycles. The van der Waals surface area contributed by atoms with E-state index in [2.05, 4.69) is 27.5 Å². The molecule has 0 radical (unpaired) electrons. The van der Waals surface area contributed by atoms with Gasteiger partial charge < -0.3 is 10.2 Å². The lowest BCUT2D eigenvalue weighted by atomic mass is 10.1. The lowest BCUT2D eigenvalue weighted by molar-refractivity contribution is -0.117. The van der Waals surface area contributed by atoms with Gasteiger partial charge in [0.15, 0.2) is 5.65 Å². The molecule has 2 aromatic carbocycles. The van der Waals surface area contributed by atoms with Gasteiger partial charge in [-0.1, -0.05) is 36.4 Å². The van der Waals surface area contributed by atoms with Gasteiger partial charge in [0.1, 0.15) is 0 Å². The van der Waals surface area contributed by atoms with E-state index >= 15 is 0 Å². The highest BCUT2D eigenvalue weighted by Gasteiger charge is 2.21. The Labute approximate surface area is 162 Å². The van der Waals surface area contributed by atoms with Crippen molar-refractivity contribution >= 4 is 28.9 Å². The van der Waals surface area contributed by atoms with Crippen LogP contribution in [0, 0.1) is 0 Å². The predicted molar refractivity (Wildman–Crippen MR) is 110 cm³/mol. The van der Waals surface area contributed by atoms with E-state index in [4.69, 9.17) is 0 Å². The molecule has 6 nitrogen and oxygen atoms in total. The van der Waals surface area contributed by atoms with Gasteiger partial charge >= 0.3 is 0 Å². The summed E-state index contributed by atoms with van der Waals surface area (Å²) in [4.78, 5) is 18.3. The molecule has 6 heteroatoms. The summed E-state index contributed by atoms with van der Waals surface area (Å²) in [6, 6.07) is 23.9. The van der Waals surface area contributed by atoms with Gasteiger partial charge in [-0.25, -0.2) is 4.52 Å². The highest BCUT2D eigenvalue weighted by molar-refractivity contribution is 5.95. The molecule has 1 fully saturated rings. The van der Waals surface area contributed by atoms with Crippen LogP contribution in [-0.2, 0) is 4.79 Å². The zero-order valence-corrected chi connectivity index (χ0v) is 15.2. The number of hydrogen-bond donors (Lipinski definition) is 1. The zero-order chi connectivity index (χ0) is 18.9. The number of hydrogen-bond acceptors (Lipinski definition) is 4. The van der Waals surface area contributed by atoms with Crippen LogP contribution >= 0.6 is 0 Å². The number of anilines is 3. The Kier molecular flexibility index (Phi) is 4.01. The third-order valence-corrected chi connectivity index (χ3v) is 4.94. The molecule has 28 heavy (non-hydrogen) atoms. The third-order valence-electron chi connectivity index (χ3n) is 4.94. The van der Waals surface area contributed by atoms with E-state index in [1.807, 2.05) is 70.1 Å². The number of nitrogens with zero attached hydrogens (tertiary/aromatic N) is 4. The van der Waals surface area contributed by atoms with Gasteiger partial charge in [-0.05, 0) is 42.8 Å². The highest BCUT2D eigenvalue weighted by Crippen LogP contribution is 2.25. The van der Waals surface area contributed by atoms with Crippen LogP contribution in [-0.4, -0.2) is 27.0 Å². The molecule has 138 valence electrons. The average molecular weight is 369 g/mol. The number of aromatic nitrogens is 3. The molecule has 0 aliphatic carbocycles. The minimum absolute atomic E-state index is 0.191. The zero-order valence-electron chi connectivity index (χ0n) is 15.2. The first kappa shape index (κ1) is 16.5. The maximum absolute atomic E-state index is 11.9. The molecule has 1 N–H and O–H groups in total. The van der Waals surface area contributed by atoms with Crippen LogP contribution in [0.15, 0.2) is 72.8 Å². The fourth-order valence-corrected chi connectivity index (χ4v) is 3.56. The second-order valence-corrected chi connectivity index (χ2v) is 6.80. The van der Waals surface area contributed by atoms with Crippen molar-refractivity contribution in [2.24, 2.45) is 0 Å². The Bertz CT molecular complexity index is 1130. The van der Waals surface area contributed by atoms with Crippen LogP contribution in [0.2, 0.25) is 0 Å². The molecule has 1 saturated heterocycles. The molecule has 0 atom stereocenters. The van der Waals surface area contributed by atoms with E-state index in [0.717, 1.165) is 41.2 Å². The molecule has 0 spiro atoms. The first-order valence-corrected chi connectivity index (χ1v) is 9.37. The van der Waals surface area contributed by atoms with Crippen LogP contribution in [0.25, 0.3) is 16.9 Å². The van der Waals surface area contributed by atoms with Crippen LogP contribution in [0.3, 0.4) is 0 Å². The van der Waals surface area contributed by atoms with Crippen molar-refractivity contribution < 1.29 is 4.79 Å². The van der Waals surface area contributed by atoms with Gasteiger partial charge in [0.25, 0.3) is 0 Å². The Balaban J connectivity index is 1.42. The van der Waals surface area contributed by atoms with E-state index in [-0.39, 0.29) is 5.91 Å². The first-order chi connectivity index (χ1) is 13.8. The van der Waals surface area contributed by atoms with Crippen molar-refractivity contribution in [3.8, 4) is 11.3 Å². The number of fused-ring (bicyclic) bond motifs is 1. The molecular weight excluding hydrogens is 350 g/mol. The standard InChI is InChI=1S/C22H19N5O/c28-21-10-5-15-26(21)18-13-11-17(12-14-18)23-22-24-20-9-4-8-19(27(20)25-22)16-6-2-1-3-7-16/h1-4,6-9,11-14H,5,10,15H2,(H,23,25). The van der Waals surface area contributed by atoms with Crippen molar-refractivity contribution in [2.75, 3.05) is 16.8 Å². The Morgan fingerprint density at radius 1 is 0.893 bits per heavy atom. The summed E-state index contributed by atoms with van der Waals surface area (Å²) >= 11 is 0. The number of carbonyl (C=O) groups is 1. The number of benzene rings is 2. The molecule has 1 amide bonds. The number of pyridine rings is 1. The minimum atomic E-state index is 0.191. The lowest BCUT2D eigenvalue weighted by Gasteiger charge is -2.15. The van der Waals surface area contributed by atoms with Gasteiger partial charge in [-0.2, -0.15) is 4.98 Å². The van der Waals surface area contributed by atoms with E-state index < -0.39 is 0 Å². The lowest BCUT2D eigenvalue weighted by Crippen LogP contribution is -2.23. The summed E-state index contributed by atoms with van der Waals surface area (Å²) < 4.78 is 1.84. The van der Waals surface area contributed by atoms with Gasteiger partial charge in [-0.15, -0.1) is 5.10 Å². The van der Waals surface area contributed by atoms with Crippen molar-refractivity contribution in [3.63, 3.8) is 0 Å². The SMILES string of the molecule is O=C1CCCN1c1ccc(Nc2nc3cccc(-c4ccccc4)n3n2)cc1. The van der Waals surface area contributed by atoms with Crippen LogP contribution in [0.5, 0.6) is 0 Å². The summed E-state index contributed by atoms with van der Waals surface area (Å²) in [5.41, 5.74) is 4.67. The van der Waals surface area contributed by atoms with Crippen molar-refractivity contribution in [3.05, 3.63) is 72.8 Å². The Morgan fingerprint density at radius 2 is 1.71 bits per heavy atom. The average Bonchev–Trinajstić information content (AvgIpc) is 3.34. The Hall–Kier alpha value is -3.67. The highest BCUT2D eigenvalue weighted by atomic mass is 16.2. The first-order valence-electron chi connectivity index (χ1n) is 9.37. The second kappa shape index (κ2) is 6.81. The smallest absolute Gasteiger partial charge is 0.247 e. The largest absolute Gasteiger partial charge is 0.323 e. The third kappa shape index (κ3) is 2.99. The molecule has 2 aromatic heterocycles. The number of amides is 1. The number of nitrogens with one attached hydrogen (secondary N) is 1. The fraction of sp³-hybridized carbons (Fsp3) is 0.136. The van der Waals surface area contributed by atoms with Gasteiger partial charge in [-0.3, -0.25) is 4.79 Å². The summed E-state index contributed by atoms with van der Waals surface area (Å²) in [6.07, 6.45) is 1.56. The molecule has 4 aromatic rings. The van der Waals surface area contributed by atoms with Crippen LogP contribution in [0.4, 0.5) is 17.3 Å². The maximum atomic E-state index is 11.9. The predicted octanol–water partition coefficient (Wildman–Crippen LogP) is 4.27. The second-order valence-electron chi connectivity index (χ2n) is 6.80. The van der Waals surface area contributed by atoms with E-state index in [9.17, 15) is 4.79 Å². The monoisotopic (exact) mass is 369 g/mol. The molecule has 1 aliphatic rings. The van der Waals surface area contributed by atoms with E-state index in [1.54, 1.807) is 0 Å². The molecule has 0 bridgehead atoms.